The molecule has 2 aromatic carbocycles. The van der Waals surface area contributed by atoms with Crippen LogP contribution in [-0.2, 0) is 16.0 Å². The fourth-order valence-corrected chi connectivity index (χ4v) is 5.14. The van der Waals surface area contributed by atoms with Gasteiger partial charge < -0.3 is 5.32 Å². The molecule has 1 aliphatic heterocycles. The second kappa shape index (κ2) is 8.20. The number of carbonyl (C=O) groups is 2. The van der Waals surface area contributed by atoms with E-state index >= 15 is 0 Å². The van der Waals surface area contributed by atoms with E-state index in [1.807, 2.05) is 77.9 Å². The molecule has 1 N–H and O–H groups in total. The number of hydrogen-bond acceptors (Lipinski definition) is 4. The van der Waals surface area contributed by atoms with Gasteiger partial charge in [-0.05, 0) is 53.8 Å². The first-order chi connectivity index (χ1) is 13.6. The molecule has 6 heteroatoms. The molecule has 0 spiro atoms. The van der Waals surface area contributed by atoms with E-state index in [0.717, 1.165) is 27.4 Å². The van der Waals surface area contributed by atoms with Gasteiger partial charge in [0.15, 0.2) is 0 Å². The van der Waals surface area contributed by atoms with Gasteiger partial charge in [0, 0.05) is 16.3 Å². The first-order valence-corrected chi connectivity index (χ1v) is 11.0. The van der Waals surface area contributed by atoms with Crippen molar-refractivity contribution in [3.8, 4) is 0 Å². The summed E-state index contributed by atoms with van der Waals surface area (Å²) in [6.45, 7) is 2.02. The fraction of sp³-hybridized carbons (Fsp3) is 0.182. The number of hydrogen-bond donors (Lipinski definition) is 1. The van der Waals surface area contributed by atoms with Gasteiger partial charge in [-0.2, -0.15) is 0 Å². The zero-order chi connectivity index (χ0) is 19.5. The van der Waals surface area contributed by atoms with E-state index in [9.17, 15) is 9.59 Å². The first-order valence-electron chi connectivity index (χ1n) is 9.03. The average molecular weight is 409 g/mol. The van der Waals surface area contributed by atoms with Gasteiger partial charge in [0.05, 0.1) is 12.2 Å². The van der Waals surface area contributed by atoms with Crippen molar-refractivity contribution in [1.29, 1.82) is 0 Å². The molecule has 4 rings (SSSR count). The summed E-state index contributed by atoms with van der Waals surface area (Å²) in [5, 5.41) is 4.85. The van der Waals surface area contributed by atoms with E-state index in [1.165, 1.54) is 0 Å². The minimum absolute atomic E-state index is 0.0368. The maximum atomic E-state index is 12.5. The standard InChI is InChI=1S/C22H20N2O2S2/c1-15-5-2-8-18(11-15)24-21(26)14-28-22(24)16-6-3-7-17(12-16)23-20(25)13-19-9-4-10-27-19/h2-12,22H,13-14H2,1H3,(H,23,25)/t22-/m0/s1. The predicted molar refractivity (Wildman–Crippen MR) is 117 cm³/mol. The largest absolute Gasteiger partial charge is 0.326 e. The summed E-state index contributed by atoms with van der Waals surface area (Å²) < 4.78 is 0. The summed E-state index contributed by atoms with van der Waals surface area (Å²) in [5.74, 6) is 0.520. The number of amides is 2. The zero-order valence-electron chi connectivity index (χ0n) is 15.4. The summed E-state index contributed by atoms with van der Waals surface area (Å²) in [6, 6.07) is 19.7. The van der Waals surface area contributed by atoms with Crippen LogP contribution in [0.15, 0.2) is 66.0 Å². The molecule has 1 saturated heterocycles. The van der Waals surface area contributed by atoms with Crippen molar-refractivity contribution in [2.75, 3.05) is 16.0 Å². The number of thiophene rings is 1. The number of benzene rings is 2. The average Bonchev–Trinajstić information content (AvgIpc) is 3.31. The monoisotopic (exact) mass is 408 g/mol. The second-order valence-corrected chi connectivity index (χ2v) is 8.80. The van der Waals surface area contributed by atoms with Gasteiger partial charge in [-0.25, -0.2) is 0 Å². The summed E-state index contributed by atoms with van der Waals surface area (Å²) in [5.41, 5.74) is 3.79. The number of nitrogens with zero attached hydrogens (tertiary/aromatic N) is 1. The van der Waals surface area contributed by atoms with Crippen LogP contribution in [0.5, 0.6) is 0 Å². The fourth-order valence-electron chi connectivity index (χ4n) is 3.27. The molecule has 3 aromatic rings. The highest BCUT2D eigenvalue weighted by molar-refractivity contribution is 8.00. The van der Waals surface area contributed by atoms with Crippen molar-refractivity contribution in [2.24, 2.45) is 0 Å². The van der Waals surface area contributed by atoms with Crippen LogP contribution in [-0.4, -0.2) is 17.6 Å². The van der Waals surface area contributed by atoms with E-state index in [2.05, 4.69) is 5.32 Å². The van der Waals surface area contributed by atoms with Gasteiger partial charge in [0.25, 0.3) is 0 Å². The summed E-state index contributed by atoms with van der Waals surface area (Å²) >= 11 is 3.19. The Morgan fingerprint density at radius 2 is 2.00 bits per heavy atom. The molecule has 0 unspecified atom stereocenters. The summed E-state index contributed by atoms with van der Waals surface area (Å²) in [7, 11) is 0. The van der Waals surface area contributed by atoms with Crippen molar-refractivity contribution in [2.45, 2.75) is 18.7 Å². The van der Waals surface area contributed by atoms with E-state index < -0.39 is 0 Å². The molecule has 1 atom stereocenters. The van der Waals surface area contributed by atoms with E-state index in [4.69, 9.17) is 0 Å². The minimum Gasteiger partial charge on any atom is -0.326 e. The third-order valence-electron chi connectivity index (χ3n) is 4.52. The van der Waals surface area contributed by atoms with Gasteiger partial charge in [-0.1, -0.05) is 30.3 Å². The third kappa shape index (κ3) is 4.13. The first kappa shape index (κ1) is 18.8. The van der Waals surface area contributed by atoms with Gasteiger partial charge in [0.2, 0.25) is 11.8 Å². The van der Waals surface area contributed by atoms with E-state index in [-0.39, 0.29) is 17.2 Å². The Kier molecular flexibility index (Phi) is 5.50. The second-order valence-electron chi connectivity index (χ2n) is 6.70. The van der Waals surface area contributed by atoms with Crippen molar-refractivity contribution in [3.63, 3.8) is 0 Å². The van der Waals surface area contributed by atoms with Crippen molar-refractivity contribution in [1.82, 2.24) is 0 Å². The summed E-state index contributed by atoms with van der Waals surface area (Å²) in [6.07, 6.45) is 0.369. The normalized spacial score (nSPS) is 16.4. The molecule has 2 amide bonds. The predicted octanol–water partition coefficient (Wildman–Crippen LogP) is 5.02. The maximum Gasteiger partial charge on any atom is 0.238 e. The Hall–Kier alpha value is -2.57. The number of anilines is 2. The Morgan fingerprint density at radius 3 is 2.79 bits per heavy atom. The molecule has 0 radical (unpaired) electrons. The number of rotatable bonds is 5. The molecule has 28 heavy (non-hydrogen) atoms. The van der Waals surface area contributed by atoms with Crippen molar-refractivity contribution in [3.05, 3.63) is 82.0 Å². The van der Waals surface area contributed by atoms with Crippen LogP contribution < -0.4 is 10.2 Å². The van der Waals surface area contributed by atoms with E-state index in [1.54, 1.807) is 23.1 Å². The highest BCUT2D eigenvalue weighted by Crippen LogP contribution is 2.42. The van der Waals surface area contributed by atoms with Gasteiger partial charge in [-0.3, -0.25) is 14.5 Å². The molecule has 1 aliphatic rings. The van der Waals surface area contributed by atoms with Gasteiger partial charge >= 0.3 is 0 Å². The van der Waals surface area contributed by atoms with Crippen LogP contribution in [0.3, 0.4) is 0 Å². The van der Waals surface area contributed by atoms with Crippen LogP contribution in [0, 0.1) is 6.92 Å². The Labute approximate surface area is 172 Å². The van der Waals surface area contributed by atoms with Crippen molar-refractivity contribution < 1.29 is 9.59 Å². The quantitative estimate of drug-likeness (QED) is 0.645. The number of aryl methyl sites for hydroxylation is 1. The van der Waals surface area contributed by atoms with Crippen LogP contribution in [0.4, 0.5) is 11.4 Å². The van der Waals surface area contributed by atoms with Gasteiger partial charge in [-0.15, -0.1) is 23.1 Å². The Morgan fingerprint density at radius 1 is 1.14 bits per heavy atom. The summed E-state index contributed by atoms with van der Waals surface area (Å²) in [4.78, 5) is 27.7. The molecule has 1 aromatic heterocycles. The maximum absolute atomic E-state index is 12.5. The lowest BCUT2D eigenvalue weighted by molar-refractivity contribution is -0.116. The topological polar surface area (TPSA) is 49.4 Å². The van der Waals surface area contributed by atoms with Crippen LogP contribution in [0.2, 0.25) is 0 Å². The van der Waals surface area contributed by atoms with E-state index in [0.29, 0.717) is 12.2 Å². The molecule has 2 heterocycles. The molecule has 4 nitrogen and oxygen atoms in total. The molecular weight excluding hydrogens is 388 g/mol. The molecule has 1 fully saturated rings. The van der Waals surface area contributed by atoms with Gasteiger partial charge in [0.1, 0.15) is 5.37 Å². The molecule has 0 saturated carbocycles. The smallest absolute Gasteiger partial charge is 0.238 e. The molecule has 0 aliphatic carbocycles. The van der Waals surface area contributed by atoms with Crippen LogP contribution in [0.25, 0.3) is 0 Å². The lowest BCUT2D eigenvalue weighted by Crippen LogP contribution is -2.27. The van der Waals surface area contributed by atoms with Crippen LogP contribution >= 0.6 is 23.1 Å². The molecule has 0 bridgehead atoms. The SMILES string of the molecule is Cc1cccc(N2C(=O)CS[C@H]2c2cccc(NC(=O)Cc3cccs3)c2)c1. The van der Waals surface area contributed by atoms with Crippen molar-refractivity contribution >= 4 is 46.3 Å². The minimum atomic E-state index is -0.0940. The molecule has 142 valence electrons. The molecular formula is C22H20N2O2S2. The highest BCUT2D eigenvalue weighted by Gasteiger charge is 2.34. The lowest BCUT2D eigenvalue weighted by atomic mass is 10.1. The Bertz CT molecular complexity index is 1000. The van der Waals surface area contributed by atoms with Crippen LogP contribution in [0.1, 0.15) is 21.4 Å². The number of thioether (sulfide) groups is 1. The third-order valence-corrected chi connectivity index (χ3v) is 6.61. The number of nitrogens with one attached hydrogen (secondary N) is 1. The zero-order valence-corrected chi connectivity index (χ0v) is 17.1. The highest BCUT2D eigenvalue weighted by atomic mass is 32.2. The lowest BCUT2D eigenvalue weighted by Gasteiger charge is -2.25. The number of carbonyl (C=O) groups excluding carboxylic acids is 2. The Balaban J connectivity index is 1.54.